The van der Waals surface area contributed by atoms with Crippen LogP contribution < -0.4 is 16.6 Å². The number of para-hydroxylation sites is 1. The molecule has 168 valence electrons. The van der Waals surface area contributed by atoms with Crippen molar-refractivity contribution in [3.05, 3.63) is 115 Å². The number of carbonyl (C=O) groups is 1. The van der Waals surface area contributed by atoms with E-state index in [1.54, 1.807) is 48.5 Å². The lowest BCUT2D eigenvalue weighted by atomic mass is 10.2. The molecule has 3 aromatic carbocycles. The first-order valence-electron chi connectivity index (χ1n) is 10.0. The van der Waals surface area contributed by atoms with Crippen LogP contribution >= 0.6 is 23.2 Å². The zero-order valence-corrected chi connectivity index (χ0v) is 18.7. The molecule has 6 nitrogen and oxygen atoms in total. The zero-order valence-electron chi connectivity index (χ0n) is 17.2. The SMILES string of the molecule is O=C(Cn1c(=O)n(Cc2cccc(Cl)c2)c(=O)c2ccccc21)NCc1ccc(F)cc1Cl. The number of hydrogen-bond acceptors (Lipinski definition) is 3. The Balaban J connectivity index is 1.67. The molecule has 0 saturated heterocycles. The van der Waals surface area contributed by atoms with E-state index in [2.05, 4.69) is 5.32 Å². The van der Waals surface area contributed by atoms with Gasteiger partial charge in [-0.1, -0.05) is 53.5 Å². The first-order valence-corrected chi connectivity index (χ1v) is 10.8. The Labute approximate surface area is 197 Å². The molecular weight excluding hydrogens is 468 g/mol. The van der Waals surface area contributed by atoms with E-state index in [0.29, 0.717) is 27.1 Å². The minimum atomic E-state index is -0.617. The first kappa shape index (κ1) is 22.8. The third-order valence-corrected chi connectivity index (χ3v) is 5.74. The van der Waals surface area contributed by atoms with Crippen LogP contribution in [0.4, 0.5) is 4.39 Å². The Morgan fingerprint density at radius 1 is 0.939 bits per heavy atom. The predicted molar refractivity (Wildman–Crippen MR) is 126 cm³/mol. The fourth-order valence-electron chi connectivity index (χ4n) is 3.54. The summed E-state index contributed by atoms with van der Waals surface area (Å²) in [4.78, 5) is 38.9. The van der Waals surface area contributed by atoms with Crippen molar-refractivity contribution in [2.75, 3.05) is 0 Å². The number of rotatable bonds is 6. The molecule has 0 atom stereocenters. The molecule has 0 aliphatic heterocycles. The van der Waals surface area contributed by atoms with Gasteiger partial charge in [0.1, 0.15) is 12.4 Å². The lowest BCUT2D eigenvalue weighted by molar-refractivity contribution is -0.121. The van der Waals surface area contributed by atoms with Crippen molar-refractivity contribution in [3.63, 3.8) is 0 Å². The van der Waals surface area contributed by atoms with Gasteiger partial charge in [-0.15, -0.1) is 0 Å². The van der Waals surface area contributed by atoms with E-state index in [9.17, 15) is 18.8 Å². The Morgan fingerprint density at radius 2 is 1.73 bits per heavy atom. The summed E-state index contributed by atoms with van der Waals surface area (Å²) < 4.78 is 15.6. The molecule has 0 spiro atoms. The number of hydrogen-bond donors (Lipinski definition) is 1. The average Bonchev–Trinajstić information content (AvgIpc) is 2.79. The second-order valence-corrected chi connectivity index (χ2v) is 8.26. The van der Waals surface area contributed by atoms with E-state index < -0.39 is 23.0 Å². The number of aromatic nitrogens is 2. The molecular formula is C24H18Cl2FN3O3. The molecule has 4 rings (SSSR count). The molecule has 0 saturated carbocycles. The standard InChI is InChI=1S/C24H18Cl2FN3O3/c25-17-5-3-4-15(10-17)13-30-23(32)19-6-1-2-7-21(19)29(24(30)33)14-22(31)28-12-16-8-9-18(27)11-20(16)26/h1-11H,12-14H2,(H,28,31). The predicted octanol–water partition coefficient (Wildman–Crippen LogP) is 3.97. The molecule has 0 radical (unpaired) electrons. The van der Waals surface area contributed by atoms with Crippen LogP contribution in [-0.2, 0) is 24.4 Å². The van der Waals surface area contributed by atoms with Gasteiger partial charge in [0, 0.05) is 16.6 Å². The third kappa shape index (κ3) is 4.99. The molecule has 0 aliphatic rings. The van der Waals surface area contributed by atoms with E-state index in [4.69, 9.17) is 23.2 Å². The average molecular weight is 486 g/mol. The maximum Gasteiger partial charge on any atom is 0.332 e. The van der Waals surface area contributed by atoms with Gasteiger partial charge in [0.2, 0.25) is 5.91 Å². The zero-order chi connectivity index (χ0) is 23.5. The smallest absolute Gasteiger partial charge is 0.332 e. The number of nitrogens with one attached hydrogen (secondary N) is 1. The first-order chi connectivity index (χ1) is 15.8. The molecule has 0 aliphatic carbocycles. The fourth-order valence-corrected chi connectivity index (χ4v) is 3.99. The van der Waals surface area contributed by atoms with E-state index >= 15 is 0 Å². The summed E-state index contributed by atoms with van der Waals surface area (Å²) in [5, 5.41) is 3.67. The van der Waals surface area contributed by atoms with Crippen LogP contribution in [0.5, 0.6) is 0 Å². The summed E-state index contributed by atoms with van der Waals surface area (Å²) in [6, 6.07) is 17.4. The van der Waals surface area contributed by atoms with Crippen molar-refractivity contribution >= 4 is 40.0 Å². The number of carbonyl (C=O) groups excluding carboxylic acids is 1. The third-order valence-electron chi connectivity index (χ3n) is 5.15. The highest BCUT2D eigenvalue weighted by molar-refractivity contribution is 6.31. The van der Waals surface area contributed by atoms with E-state index in [1.165, 1.54) is 16.7 Å². The van der Waals surface area contributed by atoms with Crippen LogP contribution in [0, 0.1) is 5.82 Å². The molecule has 9 heteroatoms. The van der Waals surface area contributed by atoms with Gasteiger partial charge < -0.3 is 5.32 Å². The Kier molecular flexibility index (Phi) is 6.62. The van der Waals surface area contributed by atoms with Crippen molar-refractivity contribution in [3.8, 4) is 0 Å². The monoisotopic (exact) mass is 485 g/mol. The van der Waals surface area contributed by atoms with Crippen molar-refractivity contribution < 1.29 is 9.18 Å². The van der Waals surface area contributed by atoms with Crippen LogP contribution in [0.1, 0.15) is 11.1 Å². The van der Waals surface area contributed by atoms with Crippen molar-refractivity contribution in [2.45, 2.75) is 19.6 Å². The molecule has 33 heavy (non-hydrogen) atoms. The van der Waals surface area contributed by atoms with Gasteiger partial charge in [-0.3, -0.25) is 18.7 Å². The summed E-state index contributed by atoms with van der Waals surface area (Å²) >= 11 is 12.0. The van der Waals surface area contributed by atoms with Crippen LogP contribution in [0.3, 0.4) is 0 Å². The highest BCUT2D eigenvalue weighted by Gasteiger charge is 2.16. The molecule has 1 aromatic heterocycles. The number of fused-ring (bicyclic) bond motifs is 1. The summed E-state index contributed by atoms with van der Waals surface area (Å²) in [6.07, 6.45) is 0. The molecule has 1 heterocycles. The second-order valence-electron chi connectivity index (χ2n) is 7.42. The van der Waals surface area contributed by atoms with E-state index in [0.717, 1.165) is 10.6 Å². The molecule has 0 fully saturated rings. The minimum Gasteiger partial charge on any atom is -0.350 e. The van der Waals surface area contributed by atoms with Crippen molar-refractivity contribution in [2.24, 2.45) is 0 Å². The Bertz CT molecular complexity index is 1480. The van der Waals surface area contributed by atoms with E-state index in [-0.39, 0.29) is 24.7 Å². The highest BCUT2D eigenvalue weighted by atomic mass is 35.5. The van der Waals surface area contributed by atoms with Gasteiger partial charge in [0.05, 0.1) is 17.4 Å². The van der Waals surface area contributed by atoms with Crippen molar-refractivity contribution in [1.82, 2.24) is 14.5 Å². The topological polar surface area (TPSA) is 73.1 Å². The lowest BCUT2D eigenvalue weighted by Crippen LogP contribution is -2.42. The summed E-state index contributed by atoms with van der Waals surface area (Å²) in [5.74, 6) is -0.939. The number of halogens is 3. The second kappa shape index (κ2) is 9.60. The fraction of sp³-hybridized carbons (Fsp3) is 0.125. The highest BCUT2D eigenvalue weighted by Crippen LogP contribution is 2.17. The van der Waals surface area contributed by atoms with Crippen LogP contribution in [0.2, 0.25) is 10.0 Å². The van der Waals surface area contributed by atoms with E-state index in [1.807, 2.05) is 0 Å². The van der Waals surface area contributed by atoms with Gasteiger partial charge in [-0.05, 0) is 47.5 Å². The quantitative estimate of drug-likeness (QED) is 0.448. The summed E-state index contributed by atoms with van der Waals surface area (Å²) in [7, 11) is 0. The molecule has 0 bridgehead atoms. The Hall–Kier alpha value is -3.42. The summed E-state index contributed by atoms with van der Waals surface area (Å²) in [6.45, 7) is -0.239. The van der Waals surface area contributed by atoms with Gasteiger partial charge in [0.15, 0.2) is 0 Å². The van der Waals surface area contributed by atoms with Gasteiger partial charge in [-0.2, -0.15) is 0 Å². The van der Waals surface area contributed by atoms with Gasteiger partial charge in [-0.25, -0.2) is 9.18 Å². The molecule has 4 aromatic rings. The maximum atomic E-state index is 13.2. The maximum absolute atomic E-state index is 13.2. The summed E-state index contributed by atoms with van der Waals surface area (Å²) in [5.41, 5.74) is 0.497. The molecule has 1 N–H and O–H groups in total. The lowest BCUT2D eigenvalue weighted by Gasteiger charge is -2.14. The molecule has 1 amide bonds. The minimum absolute atomic E-state index is 0.00979. The van der Waals surface area contributed by atoms with Crippen LogP contribution in [0.25, 0.3) is 10.9 Å². The number of amides is 1. The van der Waals surface area contributed by atoms with Crippen molar-refractivity contribution in [1.29, 1.82) is 0 Å². The van der Waals surface area contributed by atoms with Gasteiger partial charge >= 0.3 is 5.69 Å². The van der Waals surface area contributed by atoms with Crippen LogP contribution in [0.15, 0.2) is 76.3 Å². The normalized spacial score (nSPS) is 11.0. The van der Waals surface area contributed by atoms with Crippen LogP contribution in [-0.4, -0.2) is 15.0 Å². The van der Waals surface area contributed by atoms with Gasteiger partial charge in [0.25, 0.3) is 5.56 Å². The molecule has 0 unspecified atom stereocenters. The number of nitrogens with zero attached hydrogens (tertiary/aromatic N) is 2. The number of benzene rings is 3. The Morgan fingerprint density at radius 3 is 2.48 bits per heavy atom. The largest absolute Gasteiger partial charge is 0.350 e.